The van der Waals surface area contributed by atoms with Crippen LogP contribution in [0.2, 0.25) is 0 Å². The van der Waals surface area contributed by atoms with Crippen molar-refractivity contribution in [2.24, 2.45) is 0 Å². The third-order valence-electron chi connectivity index (χ3n) is 5.91. The number of hydrogen-bond acceptors (Lipinski definition) is 7. The van der Waals surface area contributed by atoms with E-state index in [0.717, 1.165) is 69.2 Å². The molecule has 3 heterocycles. The van der Waals surface area contributed by atoms with Crippen LogP contribution in [0.1, 0.15) is 43.1 Å². The SMILES string of the molecule is COc1ccccc1[C@H]1CCCN1C(=O)CCCn1nnnc1CN1CCOCC1. The van der Waals surface area contributed by atoms with Crippen molar-refractivity contribution < 1.29 is 14.3 Å². The Morgan fingerprint density at radius 2 is 2.07 bits per heavy atom. The zero-order valence-corrected chi connectivity index (χ0v) is 17.6. The molecule has 0 aliphatic carbocycles. The molecule has 2 aliphatic rings. The number of carbonyl (C=O) groups is 1. The molecule has 0 spiro atoms. The van der Waals surface area contributed by atoms with E-state index in [0.29, 0.717) is 19.5 Å². The molecule has 0 N–H and O–H groups in total. The van der Waals surface area contributed by atoms with E-state index in [1.807, 2.05) is 27.8 Å². The summed E-state index contributed by atoms with van der Waals surface area (Å²) >= 11 is 0. The number of morpholine rings is 1. The Hall–Kier alpha value is -2.52. The first kappa shape index (κ1) is 20.7. The maximum absolute atomic E-state index is 13.0. The van der Waals surface area contributed by atoms with Crippen LogP contribution >= 0.6 is 0 Å². The van der Waals surface area contributed by atoms with Gasteiger partial charge in [-0.2, -0.15) is 0 Å². The second kappa shape index (κ2) is 9.99. The number of aryl methyl sites for hydroxylation is 1. The minimum atomic E-state index is 0.0959. The number of methoxy groups -OCH3 is 1. The van der Waals surface area contributed by atoms with Gasteiger partial charge in [-0.1, -0.05) is 18.2 Å². The minimum Gasteiger partial charge on any atom is -0.496 e. The fourth-order valence-corrected chi connectivity index (χ4v) is 4.32. The number of likely N-dealkylation sites (tertiary alicyclic amines) is 1. The Kier molecular flexibility index (Phi) is 6.91. The smallest absolute Gasteiger partial charge is 0.223 e. The highest BCUT2D eigenvalue weighted by molar-refractivity contribution is 5.77. The van der Waals surface area contributed by atoms with Crippen LogP contribution in [0.5, 0.6) is 5.75 Å². The Morgan fingerprint density at radius 1 is 1.23 bits per heavy atom. The van der Waals surface area contributed by atoms with Gasteiger partial charge in [-0.15, -0.1) is 5.10 Å². The van der Waals surface area contributed by atoms with Gasteiger partial charge in [0.25, 0.3) is 0 Å². The maximum Gasteiger partial charge on any atom is 0.223 e. The molecule has 2 aliphatic heterocycles. The Labute approximate surface area is 176 Å². The average molecular weight is 415 g/mol. The van der Waals surface area contributed by atoms with Crippen molar-refractivity contribution in [1.29, 1.82) is 0 Å². The molecular weight excluding hydrogens is 384 g/mol. The molecule has 2 aromatic rings. The molecule has 162 valence electrons. The lowest BCUT2D eigenvalue weighted by Gasteiger charge is -2.26. The zero-order chi connectivity index (χ0) is 20.8. The maximum atomic E-state index is 13.0. The van der Waals surface area contributed by atoms with Crippen molar-refractivity contribution in [3.05, 3.63) is 35.7 Å². The second-order valence-electron chi connectivity index (χ2n) is 7.80. The fraction of sp³-hybridized carbons (Fsp3) is 0.619. The molecule has 2 saturated heterocycles. The van der Waals surface area contributed by atoms with E-state index in [1.165, 1.54) is 0 Å². The molecule has 4 rings (SSSR count). The van der Waals surface area contributed by atoms with E-state index in [9.17, 15) is 4.79 Å². The lowest BCUT2D eigenvalue weighted by molar-refractivity contribution is -0.132. The van der Waals surface area contributed by atoms with Crippen molar-refractivity contribution in [2.75, 3.05) is 40.0 Å². The summed E-state index contributed by atoms with van der Waals surface area (Å²) in [5.41, 5.74) is 1.10. The van der Waals surface area contributed by atoms with Crippen molar-refractivity contribution in [2.45, 2.75) is 44.8 Å². The predicted molar refractivity (Wildman–Crippen MR) is 110 cm³/mol. The summed E-state index contributed by atoms with van der Waals surface area (Å²) in [6.45, 7) is 5.44. The van der Waals surface area contributed by atoms with Gasteiger partial charge in [0.1, 0.15) is 5.75 Å². The summed E-state index contributed by atoms with van der Waals surface area (Å²) in [7, 11) is 1.68. The predicted octanol–water partition coefficient (Wildman–Crippen LogP) is 1.66. The Balaban J connectivity index is 1.31. The number of rotatable bonds is 8. The number of benzene rings is 1. The second-order valence-corrected chi connectivity index (χ2v) is 7.80. The third kappa shape index (κ3) is 4.79. The third-order valence-corrected chi connectivity index (χ3v) is 5.91. The molecule has 1 aromatic carbocycles. The van der Waals surface area contributed by atoms with Crippen molar-refractivity contribution in [3.63, 3.8) is 0 Å². The fourth-order valence-electron chi connectivity index (χ4n) is 4.32. The van der Waals surface area contributed by atoms with Crippen molar-refractivity contribution >= 4 is 5.91 Å². The van der Waals surface area contributed by atoms with Gasteiger partial charge < -0.3 is 14.4 Å². The molecule has 0 bridgehead atoms. The monoisotopic (exact) mass is 414 g/mol. The van der Waals surface area contributed by atoms with Gasteiger partial charge in [-0.05, 0) is 35.8 Å². The van der Waals surface area contributed by atoms with E-state index >= 15 is 0 Å². The molecule has 0 radical (unpaired) electrons. The lowest BCUT2D eigenvalue weighted by atomic mass is 10.0. The van der Waals surface area contributed by atoms with E-state index in [-0.39, 0.29) is 11.9 Å². The van der Waals surface area contributed by atoms with E-state index < -0.39 is 0 Å². The first-order valence-electron chi connectivity index (χ1n) is 10.7. The van der Waals surface area contributed by atoms with Gasteiger partial charge in [0.05, 0.1) is 32.9 Å². The van der Waals surface area contributed by atoms with Crippen LogP contribution in [0.4, 0.5) is 0 Å². The number of hydrogen-bond donors (Lipinski definition) is 0. The first-order chi connectivity index (χ1) is 14.8. The van der Waals surface area contributed by atoms with Crippen LogP contribution in [0.3, 0.4) is 0 Å². The van der Waals surface area contributed by atoms with Crippen LogP contribution in [0, 0.1) is 0 Å². The average Bonchev–Trinajstić information content (AvgIpc) is 3.44. The standard InChI is InChI=1S/C21H30N6O3/c1-29-19-8-3-2-6-17(19)18-7-4-10-26(18)21(28)9-5-11-27-20(22-23-24-27)16-25-12-14-30-15-13-25/h2-3,6,8,18H,4-5,7,9-16H2,1H3/t18-/m1/s1. The Morgan fingerprint density at radius 3 is 2.90 bits per heavy atom. The normalized spacial score (nSPS) is 19.9. The summed E-state index contributed by atoms with van der Waals surface area (Å²) in [6, 6.07) is 8.09. The molecule has 9 nitrogen and oxygen atoms in total. The molecule has 30 heavy (non-hydrogen) atoms. The molecule has 1 amide bonds. The van der Waals surface area contributed by atoms with Crippen molar-refractivity contribution in [3.8, 4) is 5.75 Å². The topological polar surface area (TPSA) is 85.6 Å². The number of aromatic nitrogens is 4. The first-order valence-corrected chi connectivity index (χ1v) is 10.7. The summed E-state index contributed by atoms with van der Waals surface area (Å²) in [5.74, 6) is 1.88. The van der Waals surface area contributed by atoms with Gasteiger partial charge in [-0.3, -0.25) is 9.69 Å². The highest BCUT2D eigenvalue weighted by atomic mass is 16.5. The molecule has 0 unspecified atom stereocenters. The Bertz CT molecular complexity index is 836. The molecule has 2 fully saturated rings. The highest BCUT2D eigenvalue weighted by Gasteiger charge is 2.31. The summed E-state index contributed by atoms with van der Waals surface area (Å²) in [4.78, 5) is 17.3. The number of amides is 1. The summed E-state index contributed by atoms with van der Waals surface area (Å²) in [6.07, 6.45) is 3.20. The van der Waals surface area contributed by atoms with Gasteiger partial charge in [0, 0.05) is 38.2 Å². The lowest BCUT2D eigenvalue weighted by Crippen LogP contribution is -2.36. The zero-order valence-electron chi connectivity index (χ0n) is 17.6. The molecule has 0 saturated carbocycles. The number of ether oxygens (including phenoxy) is 2. The van der Waals surface area contributed by atoms with Crippen LogP contribution in [0.25, 0.3) is 0 Å². The number of para-hydroxylation sites is 1. The van der Waals surface area contributed by atoms with Crippen LogP contribution in [-0.4, -0.2) is 75.9 Å². The highest BCUT2D eigenvalue weighted by Crippen LogP contribution is 2.37. The van der Waals surface area contributed by atoms with E-state index in [2.05, 4.69) is 26.5 Å². The van der Waals surface area contributed by atoms with Gasteiger partial charge in [0.15, 0.2) is 5.82 Å². The van der Waals surface area contributed by atoms with E-state index in [4.69, 9.17) is 9.47 Å². The number of nitrogens with zero attached hydrogens (tertiary/aromatic N) is 6. The molecule has 1 atom stereocenters. The van der Waals surface area contributed by atoms with Gasteiger partial charge >= 0.3 is 0 Å². The minimum absolute atomic E-state index is 0.0959. The largest absolute Gasteiger partial charge is 0.496 e. The van der Waals surface area contributed by atoms with Gasteiger partial charge in [-0.25, -0.2) is 4.68 Å². The number of tetrazole rings is 1. The summed E-state index contributed by atoms with van der Waals surface area (Å²) in [5, 5.41) is 12.1. The van der Waals surface area contributed by atoms with Crippen LogP contribution < -0.4 is 4.74 Å². The van der Waals surface area contributed by atoms with E-state index in [1.54, 1.807) is 7.11 Å². The molecule has 1 aromatic heterocycles. The quantitative estimate of drug-likeness (QED) is 0.649. The van der Waals surface area contributed by atoms with Gasteiger partial charge in [0.2, 0.25) is 5.91 Å². The van der Waals surface area contributed by atoms with Crippen LogP contribution in [-0.2, 0) is 22.6 Å². The van der Waals surface area contributed by atoms with Crippen molar-refractivity contribution in [1.82, 2.24) is 30.0 Å². The summed E-state index contributed by atoms with van der Waals surface area (Å²) < 4.78 is 12.7. The van der Waals surface area contributed by atoms with Crippen LogP contribution in [0.15, 0.2) is 24.3 Å². The number of carbonyl (C=O) groups excluding carboxylic acids is 1. The molecule has 9 heteroatoms. The molecular formula is C21H30N6O3.